The molecule has 0 bridgehead atoms. The predicted molar refractivity (Wildman–Crippen MR) is 110 cm³/mol. The van der Waals surface area contributed by atoms with E-state index in [4.69, 9.17) is 11.6 Å². The summed E-state index contributed by atoms with van der Waals surface area (Å²) in [5, 5.41) is 10.4. The van der Waals surface area contributed by atoms with E-state index in [0.29, 0.717) is 16.1 Å². The first-order chi connectivity index (χ1) is 13.4. The Kier molecular flexibility index (Phi) is 6.15. The molecule has 0 saturated carbocycles. The first-order valence-corrected chi connectivity index (χ1v) is 10.6. The Bertz CT molecular complexity index is 1070. The smallest absolute Gasteiger partial charge is 0.207 e. The van der Waals surface area contributed by atoms with Crippen LogP contribution in [0.3, 0.4) is 0 Å². The minimum absolute atomic E-state index is 0.159. The van der Waals surface area contributed by atoms with Crippen LogP contribution in [0.4, 0.5) is 0 Å². The summed E-state index contributed by atoms with van der Waals surface area (Å²) in [6, 6.07) is 24.1. The lowest BCUT2D eigenvalue weighted by Gasteiger charge is -2.24. The fourth-order valence-corrected chi connectivity index (χ4v) is 4.32. The normalized spacial score (nSPS) is 13.5. The summed E-state index contributed by atoms with van der Waals surface area (Å²) in [6.07, 6.45) is 0. The van der Waals surface area contributed by atoms with Crippen LogP contribution in [-0.4, -0.2) is 8.42 Å². The topological polar surface area (TPSA) is 70.0 Å². The molecule has 4 nitrogen and oxygen atoms in total. The van der Waals surface area contributed by atoms with Crippen LogP contribution in [0.1, 0.15) is 28.7 Å². The van der Waals surface area contributed by atoms with Gasteiger partial charge in [0.1, 0.15) is 0 Å². The summed E-state index contributed by atoms with van der Waals surface area (Å²) in [4.78, 5) is 0.159. The molecule has 3 aromatic rings. The molecular weight excluding hydrogens is 392 g/mol. The van der Waals surface area contributed by atoms with Gasteiger partial charge in [0, 0.05) is 5.02 Å². The van der Waals surface area contributed by atoms with Crippen molar-refractivity contribution in [2.45, 2.75) is 23.8 Å². The number of aryl methyl sites for hydroxylation is 1. The van der Waals surface area contributed by atoms with E-state index in [1.807, 2.05) is 37.3 Å². The van der Waals surface area contributed by atoms with Crippen molar-refractivity contribution in [1.82, 2.24) is 4.72 Å². The zero-order chi connectivity index (χ0) is 20.1. The minimum atomic E-state index is -3.82. The highest BCUT2D eigenvalue weighted by Crippen LogP contribution is 2.32. The summed E-state index contributed by atoms with van der Waals surface area (Å²) >= 11 is 5.96. The van der Waals surface area contributed by atoms with Crippen molar-refractivity contribution in [3.8, 4) is 6.07 Å². The summed E-state index contributed by atoms with van der Waals surface area (Å²) in [5.74, 6) is -0.722. The molecule has 0 spiro atoms. The molecule has 6 heteroatoms. The zero-order valence-electron chi connectivity index (χ0n) is 15.2. The number of sulfonamides is 1. The lowest BCUT2D eigenvalue weighted by molar-refractivity contribution is 0.539. The van der Waals surface area contributed by atoms with Crippen LogP contribution in [0.15, 0.2) is 83.8 Å². The molecule has 3 rings (SSSR count). The molecule has 2 atom stereocenters. The lowest BCUT2D eigenvalue weighted by atomic mass is 9.89. The van der Waals surface area contributed by atoms with Gasteiger partial charge in [-0.05, 0) is 42.3 Å². The van der Waals surface area contributed by atoms with Gasteiger partial charge in [-0.25, -0.2) is 13.1 Å². The quantitative estimate of drug-likeness (QED) is 0.623. The highest BCUT2D eigenvalue weighted by atomic mass is 35.5. The van der Waals surface area contributed by atoms with Crippen molar-refractivity contribution in [3.05, 3.63) is 101 Å². The molecular formula is C22H19ClN2O2S. The van der Waals surface area contributed by atoms with Crippen LogP contribution in [0.5, 0.6) is 0 Å². The van der Waals surface area contributed by atoms with Gasteiger partial charge in [-0.2, -0.15) is 5.26 Å². The van der Waals surface area contributed by atoms with E-state index in [1.54, 1.807) is 48.5 Å². The summed E-state index contributed by atoms with van der Waals surface area (Å²) in [5.41, 5.74) is 2.36. The van der Waals surface area contributed by atoms with Gasteiger partial charge < -0.3 is 0 Å². The first kappa shape index (κ1) is 20.1. The maximum absolute atomic E-state index is 13.0. The van der Waals surface area contributed by atoms with E-state index in [9.17, 15) is 13.7 Å². The Hall–Kier alpha value is -2.65. The number of hydrogen-bond donors (Lipinski definition) is 1. The largest absolute Gasteiger partial charge is 0.241 e. The van der Waals surface area contributed by atoms with E-state index < -0.39 is 22.0 Å². The van der Waals surface area contributed by atoms with E-state index in [2.05, 4.69) is 10.8 Å². The Morgan fingerprint density at radius 3 is 2.07 bits per heavy atom. The third-order valence-corrected chi connectivity index (χ3v) is 6.18. The molecule has 0 aliphatic heterocycles. The molecule has 0 aromatic heterocycles. The van der Waals surface area contributed by atoms with Gasteiger partial charge in [0.25, 0.3) is 0 Å². The molecule has 1 N–H and O–H groups in total. The molecule has 0 aliphatic carbocycles. The number of hydrogen-bond acceptors (Lipinski definition) is 3. The van der Waals surface area contributed by atoms with E-state index >= 15 is 0 Å². The van der Waals surface area contributed by atoms with Crippen molar-refractivity contribution >= 4 is 21.6 Å². The van der Waals surface area contributed by atoms with Crippen molar-refractivity contribution in [1.29, 1.82) is 5.26 Å². The van der Waals surface area contributed by atoms with Crippen molar-refractivity contribution < 1.29 is 8.42 Å². The lowest BCUT2D eigenvalue weighted by Crippen LogP contribution is -2.32. The molecule has 0 heterocycles. The molecule has 0 amide bonds. The average Bonchev–Trinajstić information content (AvgIpc) is 2.70. The van der Waals surface area contributed by atoms with E-state index in [0.717, 1.165) is 5.56 Å². The molecule has 0 aliphatic rings. The SMILES string of the molecule is Cc1ccc(S(=O)(=O)N[C@@H](c2ccccc2)[C@@H](C#N)c2ccc(Cl)cc2)cc1. The van der Waals surface area contributed by atoms with Gasteiger partial charge in [0.05, 0.1) is 22.9 Å². The minimum Gasteiger partial charge on any atom is -0.207 e. The molecule has 28 heavy (non-hydrogen) atoms. The van der Waals surface area contributed by atoms with Crippen LogP contribution in [0.25, 0.3) is 0 Å². The van der Waals surface area contributed by atoms with Gasteiger partial charge in [0.15, 0.2) is 0 Å². The molecule has 0 fully saturated rings. The molecule has 0 unspecified atom stereocenters. The second-order valence-electron chi connectivity index (χ2n) is 6.48. The van der Waals surface area contributed by atoms with Crippen LogP contribution in [0.2, 0.25) is 5.02 Å². The third kappa shape index (κ3) is 4.60. The molecule has 0 saturated heterocycles. The standard InChI is InChI=1S/C22H19ClN2O2S/c1-16-7-13-20(14-8-16)28(26,27)25-22(18-5-3-2-4-6-18)21(15-24)17-9-11-19(23)12-10-17/h2-14,21-22,25H,1H3/t21-,22-/m0/s1. The molecule has 3 aromatic carbocycles. The average molecular weight is 411 g/mol. The van der Waals surface area contributed by atoms with Crippen molar-refractivity contribution in [2.24, 2.45) is 0 Å². The maximum atomic E-state index is 13.0. The Morgan fingerprint density at radius 2 is 1.50 bits per heavy atom. The van der Waals surface area contributed by atoms with Crippen LogP contribution >= 0.6 is 11.6 Å². The zero-order valence-corrected chi connectivity index (χ0v) is 16.8. The Labute approximate surface area is 170 Å². The Balaban J connectivity index is 2.03. The van der Waals surface area contributed by atoms with Gasteiger partial charge in [0.2, 0.25) is 10.0 Å². The predicted octanol–water partition coefficient (Wildman–Crippen LogP) is 4.98. The highest BCUT2D eigenvalue weighted by Gasteiger charge is 2.29. The van der Waals surface area contributed by atoms with Crippen LogP contribution < -0.4 is 4.72 Å². The summed E-state index contributed by atoms with van der Waals surface area (Å²) in [6.45, 7) is 1.89. The van der Waals surface area contributed by atoms with E-state index in [1.165, 1.54) is 0 Å². The fraction of sp³-hybridized carbons (Fsp3) is 0.136. The number of rotatable bonds is 6. The number of nitrogens with one attached hydrogen (secondary N) is 1. The van der Waals surface area contributed by atoms with Crippen molar-refractivity contribution in [3.63, 3.8) is 0 Å². The number of nitriles is 1. The van der Waals surface area contributed by atoms with Gasteiger partial charge in [-0.1, -0.05) is 71.8 Å². The molecule has 142 valence electrons. The first-order valence-electron chi connectivity index (χ1n) is 8.70. The number of benzene rings is 3. The van der Waals surface area contributed by atoms with Gasteiger partial charge in [-0.15, -0.1) is 0 Å². The monoisotopic (exact) mass is 410 g/mol. The van der Waals surface area contributed by atoms with Crippen LogP contribution in [-0.2, 0) is 10.0 Å². The highest BCUT2D eigenvalue weighted by molar-refractivity contribution is 7.89. The second-order valence-corrected chi connectivity index (χ2v) is 8.63. The fourth-order valence-electron chi connectivity index (χ4n) is 2.95. The Morgan fingerprint density at radius 1 is 0.893 bits per heavy atom. The van der Waals surface area contributed by atoms with Gasteiger partial charge >= 0.3 is 0 Å². The summed E-state index contributed by atoms with van der Waals surface area (Å²) in [7, 11) is -3.82. The number of nitrogens with zero attached hydrogens (tertiary/aromatic N) is 1. The summed E-state index contributed by atoms with van der Waals surface area (Å²) < 4.78 is 28.7. The van der Waals surface area contributed by atoms with Gasteiger partial charge in [-0.3, -0.25) is 0 Å². The van der Waals surface area contributed by atoms with Crippen LogP contribution in [0, 0.1) is 18.3 Å². The number of halogens is 1. The maximum Gasteiger partial charge on any atom is 0.241 e. The van der Waals surface area contributed by atoms with E-state index in [-0.39, 0.29) is 4.90 Å². The molecule has 0 radical (unpaired) electrons. The van der Waals surface area contributed by atoms with Crippen molar-refractivity contribution in [2.75, 3.05) is 0 Å². The third-order valence-electron chi connectivity index (χ3n) is 4.47. The second kappa shape index (κ2) is 8.57.